The summed E-state index contributed by atoms with van der Waals surface area (Å²) in [6.07, 6.45) is 5.44. The molecular weight excluding hydrogens is 260 g/mol. The van der Waals surface area contributed by atoms with Crippen LogP contribution in [0.25, 0.3) is 0 Å². The molecule has 2 saturated carbocycles. The molecule has 3 unspecified atom stereocenters. The van der Waals surface area contributed by atoms with Crippen LogP contribution in [0, 0.1) is 17.8 Å². The Bertz CT molecular complexity index is 460. The van der Waals surface area contributed by atoms with Crippen LogP contribution in [0.15, 0.2) is 24.3 Å². The first kappa shape index (κ1) is 12.8. The van der Waals surface area contributed by atoms with Gasteiger partial charge in [0, 0.05) is 17.3 Å². The molecule has 2 amide bonds. The number of nitrogens with one attached hydrogen (secondary N) is 2. The Morgan fingerprint density at radius 1 is 1.21 bits per heavy atom. The van der Waals surface area contributed by atoms with Crippen LogP contribution in [0.1, 0.15) is 25.7 Å². The summed E-state index contributed by atoms with van der Waals surface area (Å²) in [4.78, 5) is 11.8. The highest BCUT2D eigenvalue weighted by molar-refractivity contribution is 6.30. The van der Waals surface area contributed by atoms with Crippen molar-refractivity contribution in [2.45, 2.75) is 25.7 Å². The van der Waals surface area contributed by atoms with Crippen LogP contribution in [0.3, 0.4) is 0 Å². The zero-order chi connectivity index (χ0) is 13.2. The Morgan fingerprint density at radius 2 is 2.00 bits per heavy atom. The number of benzene rings is 1. The van der Waals surface area contributed by atoms with Gasteiger partial charge in [0.1, 0.15) is 0 Å². The van der Waals surface area contributed by atoms with E-state index in [0.717, 1.165) is 24.1 Å². The molecule has 1 aromatic rings. The minimum atomic E-state index is -0.120. The summed E-state index contributed by atoms with van der Waals surface area (Å²) in [5.74, 6) is 2.46. The number of anilines is 1. The largest absolute Gasteiger partial charge is 0.338 e. The molecule has 2 aliphatic rings. The molecule has 0 saturated heterocycles. The van der Waals surface area contributed by atoms with Crippen molar-refractivity contribution in [3.63, 3.8) is 0 Å². The highest BCUT2D eigenvalue weighted by Crippen LogP contribution is 2.47. The number of carbonyl (C=O) groups excluding carboxylic acids is 1. The lowest BCUT2D eigenvalue weighted by Crippen LogP contribution is -2.34. The number of hydrogen-bond acceptors (Lipinski definition) is 1. The van der Waals surface area contributed by atoms with Gasteiger partial charge in [-0.25, -0.2) is 4.79 Å². The zero-order valence-corrected chi connectivity index (χ0v) is 11.6. The first-order valence-electron chi connectivity index (χ1n) is 7.01. The lowest BCUT2D eigenvalue weighted by Gasteiger charge is -2.21. The molecule has 3 atom stereocenters. The van der Waals surface area contributed by atoms with E-state index >= 15 is 0 Å². The van der Waals surface area contributed by atoms with Crippen molar-refractivity contribution < 1.29 is 4.79 Å². The van der Waals surface area contributed by atoms with E-state index in [2.05, 4.69) is 10.6 Å². The van der Waals surface area contributed by atoms with Gasteiger partial charge in [-0.05, 0) is 61.3 Å². The van der Waals surface area contributed by atoms with E-state index in [9.17, 15) is 4.79 Å². The van der Waals surface area contributed by atoms with Gasteiger partial charge >= 0.3 is 6.03 Å². The van der Waals surface area contributed by atoms with E-state index in [-0.39, 0.29) is 6.03 Å². The molecular formula is C15H19ClN2O. The van der Waals surface area contributed by atoms with Gasteiger partial charge in [0.15, 0.2) is 0 Å². The second kappa shape index (κ2) is 5.41. The summed E-state index contributed by atoms with van der Waals surface area (Å²) in [6.45, 7) is 0.806. The SMILES string of the molecule is O=C(NCC1CC2CCC1C2)Nc1ccc(Cl)cc1. The molecule has 3 nitrogen and oxygen atoms in total. The summed E-state index contributed by atoms with van der Waals surface area (Å²) in [5.41, 5.74) is 0.773. The van der Waals surface area contributed by atoms with E-state index in [1.165, 1.54) is 25.7 Å². The third kappa shape index (κ3) is 3.03. The van der Waals surface area contributed by atoms with Crippen molar-refractivity contribution in [3.05, 3.63) is 29.3 Å². The molecule has 3 rings (SSSR count). The van der Waals surface area contributed by atoms with Crippen LogP contribution in [-0.4, -0.2) is 12.6 Å². The smallest absolute Gasteiger partial charge is 0.319 e. The van der Waals surface area contributed by atoms with Gasteiger partial charge in [-0.1, -0.05) is 18.0 Å². The summed E-state index contributed by atoms with van der Waals surface area (Å²) >= 11 is 5.80. The standard InChI is InChI=1S/C15H19ClN2O/c16-13-3-5-14(6-4-13)18-15(19)17-9-12-8-10-1-2-11(12)7-10/h3-6,10-12H,1-2,7-9H2,(H2,17,18,19). The lowest BCUT2D eigenvalue weighted by atomic mass is 9.89. The average molecular weight is 279 g/mol. The minimum absolute atomic E-state index is 0.120. The zero-order valence-electron chi connectivity index (χ0n) is 10.9. The van der Waals surface area contributed by atoms with Crippen molar-refractivity contribution in [1.82, 2.24) is 5.32 Å². The van der Waals surface area contributed by atoms with Gasteiger partial charge in [-0.2, -0.15) is 0 Å². The second-order valence-corrected chi connectivity index (χ2v) is 6.21. The Balaban J connectivity index is 1.45. The number of amides is 2. The maximum atomic E-state index is 11.8. The minimum Gasteiger partial charge on any atom is -0.338 e. The van der Waals surface area contributed by atoms with Crippen LogP contribution < -0.4 is 10.6 Å². The number of fused-ring (bicyclic) bond motifs is 2. The van der Waals surface area contributed by atoms with Gasteiger partial charge in [0.05, 0.1) is 0 Å². The van der Waals surface area contributed by atoms with Crippen LogP contribution >= 0.6 is 11.6 Å². The molecule has 4 heteroatoms. The monoisotopic (exact) mass is 278 g/mol. The molecule has 102 valence electrons. The lowest BCUT2D eigenvalue weighted by molar-refractivity contribution is 0.245. The molecule has 0 heterocycles. The number of carbonyl (C=O) groups is 1. The second-order valence-electron chi connectivity index (χ2n) is 5.78. The van der Waals surface area contributed by atoms with Gasteiger partial charge in [-0.3, -0.25) is 0 Å². The van der Waals surface area contributed by atoms with Crippen LogP contribution in [0.5, 0.6) is 0 Å². The maximum Gasteiger partial charge on any atom is 0.319 e. The van der Waals surface area contributed by atoms with E-state index in [0.29, 0.717) is 10.9 Å². The van der Waals surface area contributed by atoms with Gasteiger partial charge in [-0.15, -0.1) is 0 Å². The predicted octanol–water partition coefficient (Wildman–Crippen LogP) is 3.90. The number of rotatable bonds is 3. The number of halogens is 1. The molecule has 0 radical (unpaired) electrons. The third-order valence-corrected chi connectivity index (χ3v) is 4.76. The van der Waals surface area contributed by atoms with Crippen LogP contribution in [-0.2, 0) is 0 Å². The predicted molar refractivity (Wildman–Crippen MR) is 77.4 cm³/mol. The Kier molecular flexibility index (Phi) is 3.65. The molecule has 2 fully saturated rings. The molecule has 0 aromatic heterocycles. The van der Waals surface area contributed by atoms with E-state index in [1.807, 2.05) is 0 Å². The molecule has 1 aromatic carbocycles. The van der Waals surface area contributed by atoms with Crippen molar-refractivity contribution >= 4 is 23.3 Å². The normalized spacial score (nSPS) is 28.4. The van der Waals surface area contributed by atoms with Crippen LogP contribution in [0.2, 0.25) is 5.02 Å². The Hall–Kier alpha value is -1.22. The molecule has 2 aliphatic carbocycles. The number of urea groups is 1. The van der Waals surface area contributed by atoms with Crippen LogP contribution in [0.4, 0.5) is 10.5 Å². The first-order chi connectivity index (χ1) is 9.20. The number of hydrogen-bond donors (Lipinski definition) is 2. The topological polar surface area (TPSA) is 41.1 Å². The molecule has 19 heavy (non-hydrogen) atoms. The first-order valence-corrected chi connectivity index (χ1v) is 7.39. The van der Waals surface area contributed by atoms with Gasteiger partial charge in [0.2, 0.25) is 0 Å². The fourth-order valence-corrected chi connectivity index (χ4v) is 3.68. The van der Waals surface area contributed by atoms with Crippen molar-refractivity contribution in [2.24, 2.45) is 17.8 Å². The summed E-state index contributed by atoms with van der Waals surface area (Å²) in [6, 6.07) is 7.03. The van der Waals surface area contributed by atoms with Gasteiger partial charge < -0.3 is 10.6 Å². The maximum absolute atomic E-state index is 11.8. The molecule has 2 N–H and O–H groups in total. The fraction of sp³-hybridized carbons (Fsp3) is 0.533. The van der Waals surface area contributed by atoms with E-state index in [1.54, 1.807) is 24.3 Å². The summed E-state index contributed by atoms with van der Waals surface area (Å²) in [5, 5.41) is 6.49. The van der Waals surface area contributed by atoms with E-state index in [4.69, 9.17) is 11.6 Å². The third-order valence-electron chi connectivity index (χ3n) is 4.51. The van der Waals surface area contributed by atoms with Crippen molar-refractivity contribution in [3.8, 4) is 0 Å². The highest BCUT2D eigenvalue weighted by Gasteiger charge is 2.39. The Morgan fingerprint density at radius 3 is 2.63 bits per heavy atom. The molecule has 0 spiro atoms. The quantitative estimate of drug-likeness (QED) is 0.865. The van der Waals surface area contributed by atoms with Crippen molar-refractivity contribution in [2.75, 3.05) is 11.9 Å². The summed E-state index contributed by atoms with van der Waals surface area (Å²) < 4.78 is 0. The average Bonchev–Trinajstić information content (AvgIpc) is 3.01. The van der Waals surface area contributed by atoms with E-state index < -0.39 is 0 Å². The molecule has 2 bridgehead atoms. The summed E-state index contributed by atoms with van der Waals surface area (Å²) in [7, 11) is 0. The van der Waals surface area contributed by atoms with Gasteiger partial charge in [0.25, 0.3) is 0 Å². The highest BCUT2D eigenvalue weighted by atomic mass is 35.5. The Labute approximate surface area is 118 Å². The fourth-order valence-electron chi connectivity index (χ4n) is 3.56. The molecule has 0 aliphatic heterocycles. The van der Waals surface area contributed by atoms with Crippen molar-refractivity contribution in [1.29, 1.82) is 0 Å².